The van der Waals surface area contributed by atoms with E-state index in [1.165, 1.54) is 31.6 Å². The molecule has 1 aromatic heterocycles. The van der Waals surface area contributed by atoms with Gasteiger partial charge in [-0.3, -0.25) is 9.59 Å². The molecule has 2 heterocycles. The van der Waals surface area contributed by atoms with Crippen LogP contribution in [-0.4, -0.2) is 84.3 Å². The molecule has 0 radical (unpaired) electrons. The van der Waals surface area contributed by atoms with Crippen molar-refractivity contribution in [2.45, 2.75) is 43.7 Å². The van der Waals surface area contributed by atoms with Crippen molar-refractivity contribution in [2.24, 2.45) is 0 Å². The lowest BCUT2D eigenvalue weighted by atomic mass is 9.77. The molecule has 0 bridgehead atoms. The van der Waals surface area contributed by atoms with Gasteiger partial charge in [0.1, 0.15) is 12.2 Å². The number of benzene rings is 1. The van der Waals surface area contributed by atoms with Gasteiger partial charge in [-0.05, 0) is 29.8 Å². The first-order chi connectivity index (χ1) is 17.9. The van der Waals surface area contributed by atoms with E-state index in [-0.39, 0.29) is 50.8 Å². The quantitative estimate of drug-likeness (QED) is 0.334. The molecular formula is C26H32N2O9. The van der Waals surface area contributed by atoms with E-state index >= 15 is 0 Å². The van der Waals surface area contributed by atoms with Gasteiger partial charge < -0.3 is 44.2 Å². The standard InChI is InChI=1S/C26H32N2O9/c1-34-7-4-21(31)28(12-15-3-8-36-14-15)19-11-18(26(33)27-5-6-29)22-17-9-16(13-30)10-20(35-2)24(17)37-25(22)23(19)32/h3,8-11,14,19,22-23,25,29-30,32H,4-7,12-13H2,1-2H3,(H,27,33)/t19-,22+,23+,25+/m1/s1. The number of carbonyl (C=O) groups excluding carboxylic acids is 2. The highest BCUT2D eigenvalue weighted by atomic mass is 16.5. The minimum atomic E-state index is -1.20. The lowest BCUT2D eigenvalue weighted by Gasteiger charge is -2.40. The number of nitrogens with zero attached hydrogens (tertiary/aromatic N) is 1. The highest BCUT2D eigenvalue weighted by Crippen LogP contribution is 2.51. The smallest absolute Gasteiger partial charge is 0.247 e. The van der Waals surface area contributed by atoms with Gasteiger partial charge in [-0.1, -0.05) is 0 Å². The Morgan fingerprint density at radius 2 is 2.00 bits per heavy atom. The van der Waals surface area contributed by atoms with E-state index in [4.69, 9.17) is 18.6 Å². The minimum Gasteiger partial charge on any atom is -0.493 e. The molecule has 200 valence electrons. The first-order valence-corrected chi connectivity index (χ1v) is 12.0. The third kappa shape index (κ3) is 5.35. The number of carbonyl (C=O) groups is 2. The third-order valence-corrected chi connectivity index (χ3v) is 6.63. The Hall–Kier alpha value is -3.38. The zero-order valence-electron chi connectivity index (χ0n) is 20.8. The van der Waals surface area contributed by atoms with Gasteiger partial charge in [-0.2, -0.15) is 0 Å². The number of furan rings is 1. The summed E-state index contributed by atoms with van der Waals surface area (Å²) in [5.74, 6) is -0.709. The Morgan fingerprint density at radius 3 is 2.65 bits per heavy atom. The molecule has 11 nitrogen and oxygen atoms in total. The van der Waals surface area contributed by atoms with Crippen LogP contribution in [0.2, 0.25) is 0 Å². The molecular weight excluding hydrogens is 484 g/mol. The maximum Gasteiger partial charge on any atom is 0.247 e. The predicted molar refractivity (Wildman–Crippen MR) is 130 cm³/mol. The highest BCUT2D eigenvalue weighted by molar-refractivity contribution is 5.96. The molecule has 2 amide bonds. The van der Waals surface area contributed by atoms with Crippen molar-refractivity contribution in [1.29, 1.82) is 0 Å². The van der Waals surface area contributed by atoms with Crippen LogP contribution in [0.5, 0.6) is 11.5 Å². The first kappa shape index (κ1) is 26.7. The van der Waals surface area contributed by atoms with Crippen LogP contribution in [0.1, 0.15) is 29.0 Å². The Morgan fingerprint density at radius 1 is 1.19 bits per heavy atom. The van der Waals surface area contributed by atoms with Crippen molar-refractivity contribution >= 4 is 11.8 Å². The number of aliphatic hydroxyl groups is 3. The molecule has 1 aliphatic heterocycles. The number of ether oxygens (including phenoxy) is 3. The van der Waals surface area contributed by atoms with E-state index < -0.39 is 30.1 Å². The number of aliphatic hydroxyl groups excluding tert-OH is 3. The molecule has 4 atom stereocenters. The van der Waals surface area contributed by atoms with Crippen LogP contribution >= 0.6 is 0 Å². The Balaban J connectivity index is 1.79. The molecule has 0 unspecified atom stereocenters. The number of hydrogen-bond donors (Lipinski definition) is 4. The monoisotopic (exact) mass is 516 g/mol. The van der Waals surface area contributed by atoms with Crippen molar-refractivity contribution in [3.8, 4) is 11.5 Å². The second kappa shape index (κ2) is 11.8. The Kier molecular flexibility index (Phi) is 8.49. The van der Waals surface area contributed by atoms with Gasteiger partial charge >= 0.3 is 0 Å². The maximum absolute atomic E-state index is 13.3. The van der Waals surface area contributed by atoms with Crippen LogP contribution in [0.3, 0.4) is 0 Å². The van der Waals surface area contributed by atoms with Crippen LogP contribution in [-0.2, 0) is 27.5 Å². The molecule has 11 heteroatoms. The molecule has 2 aliphatic rings. The summed E-state index contributed by atoms with van der Waals surface area (Å²) in [7, 11) is 2.96. The zero-order chi connectivity index (χ0) is 26.5. The summed E-state index contributed by atoms with van der Waals surface area (Å²) in [5, 5.41) is 33.3. The van der Waals surface area contributed by atoms with Gasteiger partial charge in [0.05, 0.1) is 57.8 Å². The molecule has 0 saturated carbocycles. The first-order valence-electron chi connectivity index (χ1n) is 12.0. The Bertz CT molecular complexity index is 1130. The molecule has 1 aliphatic carbocycles. The normalized spacial score (nSPS) is 21.9. The van der Waals surface area contributed by atoms with Crippen LogP contribution in [0.25, 0.3) is 0 Å². The molecule has 1 aromatic carbocycles. The number of methoxy groups -OCH3 is 2. The number of rotatable bonds is 11. The lowest BCUT2D eigenvalue weighted by Crippen LogP contribution is -2.55. The van der Waals surface area contributed by atoms with E-state index in [0.717, 1.165) is 0 Å². The summed E-state index contributed by atoms with van der Waals surface area (Å²) in [6, 6.07) is 4.16. The fourth-order valence-electron chi connectivity index (χ4n) is 4.89. The molecule has 0 fully saturated rings. The van der Waals surface area contributed by atoms with Gasteiger partial charge in [0.25, 0.3) is 0 Å². The zero-order valence-corrected chi connectivity index (χ0v) is 20.8. The van der Waals surface area contributed by atoms with Gasteiger partial charge in [0.15, 0.2) is 11.5 Å². The summed E-state index contributed by atoms with van der Waals surface area (Å²) in [4.78, 5) is 28.1. The van der Waals surface area contributed by atoms with E-state index in [1.807, 2.05) is 0 Å². The molecule has 2 aromatic rings. The number of fused-ring (bicyclic) bond motifs is 3. The van der Waals surface area contributed by atoms with Crippen molar-refractivity contribution in [2.75, 3.05) is 34.0 Å². The van der Waals surface area contributed by atoms with Crippen LogP contribution < -0.4 is 14.8 Å². The molecule has 0 saturated heterocycles. The summed E-state index contributed by atoms with van der Waals surface area (Å²) in [6.07, 6.45) is 2.54. The SMILES string of the molecule is COCCC(=O)N(Cc1ccoc1)[C@@H]1C=C(C(=O)NCCO)[C@@H]2c3cc(CO)cc(OC)c3O[C@@H]2[C@H]1O. The van der Waals surface area contributed by atoms with Crippen molar-refractivity contribution < 1.29 is 43.5 Å². The van der Waals surface area contributed by atoms with Crippen LogP contribution in [0, 0.1) is 0 Å². The topological polar surface area (TPSA) is 151 Å². The molecule has 4 rings (SSSR count). The van der Waals surface area contributed by atoms with Gasteiger partial charge in [-0.25, -0.2) is 0 Å². The maximum atomic E-state index is 13.3. The summed E-state index contributed by atoms with van der Waals surface area (Å²) >= 11 is 0. The third-order valence-electron chi connectivity index (χ3n) is 6.63. The fourth-order valence-corrected chi connectivity index (χ4v) is 4.89. The number of hydrogen-bond acceptors (Lipinski definition) is 9. The van der Waals surface area contributed by atoms with E-state index in [2.05, 4.69) is 5.32 Å². The van der Waals surface area contributed by atoms with Gasteiger partial charge in [-0.15, -0.1) is 0 Å². The minimum absolute atomic E-state index is 0.0278. The lowest BCUT2D eigenvalue weighted by molar-refractivity contribution is -0.139. The Labute approximate surface area is 214 Å². The molecule has 4 N–H and O–H groups in total. The average molecular weight is 517 g/mol. The second-order valence-electron chi connectivity index (χ2n) is 8.91. The number of amides is 2. The summed E-state index contributed by atoms with van der Waals surface area (Å²) in [5.41, 5.74) is 2.14. The number of nitrogens with one attached hydrogen (secondary N) is 1. The highest BCUT2D eigenvalue weighted by Gasteiger charge is 2.51. The van der Waals surface area contributed by atoms with E-state index in [1.54, 1.807) is 24.3 Å². The van der Waals surface area contributed by atoms with Crippen LogP contribution in [0.15, 0.2) is 46.8 Å². The molecule has 37 heavy (non-hydrogen) atoms. The van der Waals surface area contributed by atoms with E-state index in [9.17, 15) is 24.9 Å². The predicted octanol–water partition coefficient (Wildman–Crippen LogP) is 0.468. The van der Waals surface area contributed by atoms with Crippen molar-refractivity contribution in [3.63, 3.8) is 0 Å². The van der Waals surface area contributed by atoms with Gasteiger partial charge in [0.2, 0.25) is 11.8 Å². The fraction of sp³-hybridized carbons (Fsp3) is 0.462. The van der Waals surface area contributed by atoms with Crippen molar-refractivity contribution in [3.05, 3.63) is 59.1 Å². The molecule has 0 spiro atoms. The summed E-state index contributed by atoms with van der Waals surface area (Å²) < 4.78 is 21.9. The van der Waals surface area contributed by atoms with Crippen LogP contribution in [0.4, 0.5) is 0 Å². The van der Waals surface area contributed by atoms with Gasteiger partial charge in [0, 0.05) is 36.9 Å². The largest absolute Gasteiger partial charge is 0.493 e. The average Bonchev–Trinajstić information content (AvgIpc) is 3.57. The van der Waals surface area contributed by atoms with E-state index in [0.29, 0.717) is 28.2 Å². The van der Waals surface area contributed by atoms with Crippen molar-refractivity contribution in [1.82, 2.24) is 10.2 Å². The second-order valence-corrected chi connectivity index (χ2v) is 8.91. The summed E-state index contributed by atoms with van der Waals surface area (Å²) in [6.45, 7) is -0.164.